The highest BCUT2D eigenvalue weighted by molar-refractivity contribution is 6.04. The van der Waals surface area contributed by atoms with E-state index in [0.29, 0.717) is 11.4 Å². The van der Waals surface area contributed by atoms with Crippen LogP contribution in [0.3, 0.4) is 0 Å². The van der Waals surface area contributed by atoms with Gasteiger partial charge in [0, 0.05) is 18.2 Å². The van der Waals surface area contributed by atoms with Gasteiger partial charge < -0.3 is 15.7 Å². The van der Waals surface area contributed by atoms with Gasteiger partial charge in [-0.05, 0) is 37.5 Å². The Balaban J connectivity index is 2.38. The molecule has 1 fully saturated rings. The molecule has 0 bridgehead atoms. The summed E-state index contributed by atoms with van der Waals surface area (Å²) in [5.41, 5.74) is 6.15. The molecule has 5 heteroatoms. The number of carboxylic acid groups (broad SMARTS) is 1. The highest BCUT2D eigenvalue weighted by atomic mass is 16.4. The van der Waals surface area contributed by atoms with Gasteiger partial charge >= 0.3 is 5.97 Å². The van der Waals surface area contributed by atoms with E-state index < -0.39 is 5.97 Å². The first-order valence-electron chi connectivity index (χ1n) is 7.32. The molecule has 1 aliphatic carbocycles. The molecule has 0 atom stereocenters. The molecule has 3 N–H and O–H groups in total. The van der Waals surface area contributed by atoms with Gasteiger partial charge in [0.25, 0.3) is 0 Å². The summed E-state index contributed by atoms with van der Waals surface area (Å²) >= 11 is 0. The van der Waals surface area contributed by atoms with Crippen LogP contribution in [0.4, 0.5) is 11.4 Å². The van der Waals surface area contributed by atoms with E-state index in [4.69, 9.17) is 5.73 Å². The zero-order valence-corrected chi connectivity index (χ0v) is 12.6. The fourth-order valence-electron chi connectivity index (χ4n) is 3.25. The number of rotatable bonds is 4. The Morgan fingerprint density at radius 2 is 1.95 bits per heavy atom. The summed E-state index contributed by atoms with van der Waals surface area (Å²) in [6.07, 6.45) is 4.66. The van der Waals surface area contributed by atoms with E-state index >= 15 is 0 Å². The Bertz CT molecular complexity index is 563. The van der Waals surface area contributed by atoms with Crippen molar-refractivity contribution in [2.45, 2.75) is 39.0 Å². The number of benzene rings is 1. The number of nitrogens with zero attached hydrogens (tertiary/aromatic N) is 1. The maximum Gasteiger partial charge on any atom is 0.337 e. The first-order chi connectivity index (χ1) is 9.91. The van der Waals surface area contributed by atoms with Crippen LogP contribution in [0, 0.1) is 5.41 Å². The van der Waals surface area contributed by atoms with Crippen molar-refractivity contribution in [1.82, 2.24) is 0 Å². The van der Waals surface area contributed by atoms with Crippen molar-refractivity contribution in [2.24, 2.45) is 5.41 Å². The summed E-state index contributed by atoms with van der Waals surface area (Å²) in [5.74, 6) is -1.07. The molecule has 1 aromatic rings. The first-order valence-corrected chi connectivity index (χ1v) is 7.32. The lowest BCUT2D eigenvalue weighted by Gasteiger charge is -2.32. The summed E-state index contributed by atoms with van der Waals surface area (Å²) in [7, 11) is 1.65. The Morgan fingerprint density at radius 3 is 2.48 bits per heavy atom. The van der Waals surface area contributed by atoms with E-state index in [9.17, 15) is 14.7 Å². The minimum absolute atomic E-state index is 0.00905. The normalized spacial score (nSPS) is 16.7. The highest BCUT2D eigenvalue weighted by Crippen LogP contribution is 2.43. The largest absolute Gasteiger partial charge is 0.478 e. The van der Waals surface area contributed by atoms with Crippen LogP contribution in [0.25, 0.3) is 0 Å². The minimum atomic E-state index is -1.08. The van der Waals surface area contributed by atoms with Crippen LogP contribution in [-0.4, -0.2) is 24.0 Å². The molecule has 0 aromatic heterocycles. The monoisotopic (exact) mass is 290 g/mol. The SMILES string of the molecule is CCC1(C(=O)N(C)c2ccc(N)cc2C(=O)O)CCCC1. The molecule has 21 heavy (non-hydrogen) atoms. The molecule has 1 aliphatic rings. The van der Waals surface area contributed by atoms with E-state index in [-0.39, 0.29) is 16.9 Å². The number of nitrogens with two attached hydrogens (primary N) is 1. The fraction of sp³-hybridized carbons (Fsp3) is 0.500. The van der Waals surface area contributed by atoms with E-state index in [0.717, 1.165) is 32.1 Å². The smallest absolute Gasteiger partial charge is 0.337 e. The molecule has 114 valence electrons. The van der Waals surface area contributed by atoms with Crippen molar-refractivity contribution in [1.29, 1.82) is 0 Å². The number of nitrogen functional groups attached to an aromatic ring is 1. The minimum Gasteiger partial charge on any atom is -0.478 e. The predicted octanol–water partition coefficient (Wildman–Crippen LogP) is 2.90. The Hall–Kier alpha value is -2.04. The van der Waals surface area contributed by atoms with Gasteiger partial charge in [-0.2, -0.15) is 0 Å². The summed E-state index contributed by atoms with van der Waals surface area (Å²) in [6, 6.07) is 4.63. The molecule has 2 rings (SSSR count). The van der Waals surface area contributed by atoms with Gasteiger partial charge in [-0.25, -0.2) is 4.79 Å². The van der Waals surface area contributed by atoms with Crippen LogP contribution in [0.5, 0.6) is 0 Å². The Kier molecular flexibility index (Phi) is 4.21. The number of carboxylic acids is 1. The first kappa shape index (κ1) is 15.4. The molecule has 1 aromatic carbocycles. The molecular formula is C16H22N2O3. The van der Waals surface area contributed by atoms with Crippen LogP contribution in [0.2, 0.25) is 0 Å². The van der Waals surface area contributed by atoms with Crippen LogP contribution in [0.1, 0.15) is 49.4 Å². The molecule has 0 aliphatic heterocycles. The molecule has 0 radical (unpaired) electrons. The Morgan fingerprint density at radius 1 is 1.33 bits per heavy atom. The maximum absolute atomic E-state index is 12.9. The second kappa shape index (κ2) is 5.76. The summed E-state index contributed by atoms with van der Waals surface area (Å²) in [6.45, 7) is 2.03. The molecule has 0 unspecified atom stereocenters. The zero-order valence-electron chi connectivity index (χ0n) is 12.6. The zero-order chi connectivity index (χ0) is 15.6. The van der Waals surface area contributed by atoms with E-state index in [2.05, 4.69) is 0 Å². The van der Waals surface area contributed by atoms with Gasteiger partial charge in [-0.3, -0.25) is 4.79 Å². The molecule has 0 heterocycles. The number of aromatic carboxylic acids is 1. The second-order valence-electron chi connectivity index (χ2n) is 5.79. The summed E-state index contributed by atoms with van der Waals surface area (Å²) in [5, 5.41) is 9.31. The van der Waals surface area contributed by atoms with Gasteiger partial charge in [-0.15, -0.1) is 0 Å². The van der Waals surface area contributed by atoms with Crippen molar-refractivity contribution < 1.29 is 14.7 Å². The number of carbonyl (C=O) groups is 2. The molecule has 0 saturated heterocycles. The molecule has 1 amide bonds. The van der Waals surface area contributed by atoms with Crippen LogP contribution in [-0.2, 0) is 4.79 Å². The standard InChI is InChI=1S/C16H22N2O3/c1-3-16(8-4-5-9-16)15(21)18(2)13-7-6-11(17)10-12(13)14(19)20/h6-7,10H,3-5,8-9,17H2,1-2H3,(H,19,20). The van der Waals surface area contributed by atoms with Gasteiger partial charge in [0.2, 0.25) is 5.91 Å². The van der Waals surface area contributed by atoms with E-state index in [1.165, 1.54) is 11.0 Å². The summed E-state index contributed by atoms with van der Waals surface area (Å²) in [4.78, 5) is 25.7. The average Bonchev–Trinajstić information content (AvgIpc) is 2.95. The maximum atomic E-state index is 12.9. The number of hydrogen-bond donors (Lipinski definition) is 2. The van der Waals surface area contributed by atoms with E-state index in [1.807, 2.05) is 6.92 Å². The van der Waals surface area contributed by atoms with Crippen LogP contribution >= 0.6 is 0 Å². The average molecular weight is 290 g/mol. The number of carbonyl (C=O) groups excluding carboxylic acids is 1. The molecule has 1 saturated carbocycles. The van der Waals surface area contributed by atoms with Gasteiger partial charge in [0.05, 0.1) is 11.3 Å². The molecular weight excluding hydrogens is 268 g/mol. The lowest BCUT2D eigenvalue weighted by molar-refractivity contribution is -0.127. The van der Waals surface area contributed by atoms with Gasteiger partial charge in [-0.1, -0.05) is 19.8 Å². The number of anilines is 2. The summed E-state index contributed by atoms with van der Waals surface area (Å²) < 4.78 is 0. The molecule has 0 spiro atoms. The highest BCUT2D eigenvalue weighted by Gasteiger charge is 2.41. The van der Waals surface area contributed by atoms with Crippen LogP contribution < -0.4 is 10.6 Å². The fourth-order valence-corrected chi connectivity index (χ4v) is 3.25. The Labute approximate surface area is 124 Å². The number of amides is 1. The van der Waals surface area contributed by atoms with Crippen molar-refractivity contribution in [3.05, 3.63) is 23.8 Å². The lowest BCUT2D eigenvalue weighted by Crippen LogP contribution is -2.41. The number of hydrogen-bond acceptors (Lipinski definition) is 3. The van der Waals surface area contributed by atoms with Crippen molar-refractivity contribution >= 4 is 23.3 Å². The third kappa shape index (κ3) is 2.73. The third-order valence-electron chi connectivity index (χ3n) is 4.61. The van der Waals surface area contributed by atoms with Crippen molar-refractivity contribution in [3.63, 3.8) is 0 Å². The second-order valence-corrected chi connectivity index (χ2v) is 5.79. The quantitative estimate of drug-likeness (QED) is 0.835. The third-order valence-corrected chi connectivity index (χ3v) is 4.61. The van der Waals surface area contributed by atoms with E-state index in [1.54, 1.807) is 19.2 Å². The molecule has 5 nitrogen and oxygen atoms in total. The van der Waals surface area contributed by atoms with Gasteiger partial charge in [0.1, 0.15) is 0 Å². The van der Waals surface area contributed by atoms with Crippen molar-refractivity contribution in [2.75, 3.05) is 17.7 Å². The lowest BCUT2D eigenvalue weighted by atomic mass is 9.81. The topological polar surface area (TPSA) is 83.6 Å². The van der Waals surface area contributed by atoms with Gasteiger partial charge in [0.15, 0.2) is 0 Å². The van der Waals surface area contributed by atoms with Crippen molar-refractivity contribution in [3.8, 4) is 0 Å². The predicted molar refractivity (Wildman–Crippen MR) is 82.4 cm³/mol. The van der Waals surface area contributed by atoms with Crippen LogP contribution in [0.15, 0.2) is 18.2 Å².